The molecule has 35 heavy (non-hydrogen) atoms. The fourth-order valence-electron chi connectivity index (χ4n) is 3.91. The maximum absolute atomic E-state index is 12.5. The predicted octanol–water partition coefficient (Wildman–Crippen LogP) is 6.12. The number of hydrogen-bond acceptors (Lipinski definition) is 6. The molecule has 1 amide bonds. The Balaban J connectivity index is 1.37. The van der Waals surface area contributed by atoms with Crippen molar-refractivity contribution in [2.75, 3.05) is 5.32 Å². The summed E-state index contributed by atoms with van der Waals surface area (Å²) in [4.78, 5) is 23.9. The average molecular weight is 479 g/mol. The van der Waals surface area contributed by atoms with Gasteiger partial charge in [-0.15, -0.1) is 0 Å². The minimum atomic E-state index is -0.924. The molecule has 3 aromatic rings. The summed E-state index contributed by atoms with van der Waals surface area (Å²) in [5, 5.41) is 16.1. The lowest BCUT2D eigenvalue weighted by Gasteiger charge is -2.14. The largest absolute Gasteiger partial charge is 0.479 e. The zero-order valence-electron chi connectivity index (χ0n) is 19.9. The zero-order chi connectivity index (χ0) is 24.8. The van der Waals surface area contributed by atoms with Crippen molar-refractivity contribution in [1.82, 2.24) is 5.16 Å². The van der Waals surface area contributed by atoms with Gasteiger partial charge in [0, 0.05) is 0 Å². The fraction of sp³-hybridized carbons (Fsp3) is 0.370. The number of amides is 1. The molecule has 1 fully saturated rings. The molecule has 0 spiro atoms. The van der Waals surface area contributed by atoms with Gasteiger partial charge in [-0.25, -0.2) is 9.59 Å². The predicted molar refractivity (Wildman–Crippen MR) is 130 cm³/mol. The number of anilines is 1. The third-order valence-corrected chi connectivity index (χ3v) is 6.13. The molecule has 0 aliphatic heterocycles. The second kappa shape index (κ2) is 11.2. The van der Waals surface area contributed by atoms with E-state index in [0.717, 1.165) is 23.1 Å². The van der Waals surface area contributed by atoms with E-state index in [2.05, 4.69) is 10.5 Å². The summed E-state index contributed by atoms with van der Waals surface area (Å²) in [6.07, 6.45) is 1.94. The maximum Gasteiger partial charge on any atom is 0.414 e. The number of nitrogens with zero attached hydrogens (tertiary/aromatic N) is 1. The molecule has 8 nitrogen and oxygen atoms in total. The first kappa shape index (κ1) is 24.5. The highest BCUT2D eigenvalue weighted by Crippen LogP contribution is 2.34. The van der Waals surface area contributed by atoms with Gasteiger partial charge >= 0.3 is 12.1 Å². The van der Waals surface area contributed by atoms with E-state index in [1.165, 1.54) is 12.8 Å². The highest BCUT2D eigenvalue weighted by molar-refractivity contribution is 5.89. The summed E-state index contributed by atoms with van der Waals surface area (Å²) in [5.74, 6) is -0.0671. The minimum absolute atomic E-state index is 0.197. The first-order valence-electron chi connectivity index (χ1n) is 11.8. The summed E-state index contributed by atoms with van der Waals surface area (Å²) in [6.45, 7) is 3.79. The lowest BCUT2D eigenvalue weighted by atomic mass is 10.0. The molecule has 0 saturated heterocycles. The number of ether oxygens (including phenoxy) is 2. The van der Waals surface area contributed by atoms with Gasteiger partial charge in [0.25, 0.3) is 0 Å². The Morgan fingerprint density at radius 2 is 1.86 bits per heavy atom. The van der Waals surface area contributed by atoms with Crippen LogP contribution < -0.4 is 5.32 Å². The van der Waals surface area contributed by atoms with Crippen LogP contribution in [0, 0.1) is 12.8 Å². The first-order chi connectivity index (χ1) is 16.9. The quantitative estimate of drug-likeness (QED) is 0.341. The second-order valence-corrected chi connectivity index (χ2v) is 8.91. The molecule has 2 atom stereocenters. The monoisotopic (exact) mass is 478 g/mol. The van der Waals surface area contributed by atoms with E-state index < -0.39 is 24.3 Å². The van der Waals surface area contributed by atoms with E-state index in [1.807, 2.05) is 54.6 Å². The van der Waals surface area contributed by atoms with E-state index in [-0.39, 0.29) is 12.5 Å². The molecule has 1 aliphatic rings. The zero-order valence-corrected chi connectivity index (χ0v) is 19.9. The van der Waals surface area contributed by atoms with Crippen molar-refractivity contribution < 1.29 is 28.7 Å². The molecule has 0 radical (unpaired) electrons. The summed E-state index contributed by atoms with van der Waals surface area (Å²) >= 11 is 0. The van der Waals surface area contributed by atoms with Gasteiger partial charge in [0.2, 0.25) is 5.88 Å². The average Bonchev–Trinajstić information content (AvgIpc) is 3.61. The van der Waals surface area contributed by atoms with E-state index in [0.29, 0.717) is 23.6 Å². The molecule has 1 saturated carbocycles. The van der Waals surface area contributed by atoms with E-state index >= 15 is 0 Å². The molecule has 184 valence electrons. The van der Waals surface area contributed by atoms with Crippen molar-refractivity contribution in [3.05, 3.63) is 71.4 Å². The van der Waals surface area contributed by atoms with Crippen molar-refractivity contribution in [3.63, 3.8) is 0 Å². The first-order valence-corrected chi connectivity index (χ1v) is 11.8. The normalized spacial score (nSPS) is 14.8. The Kier molecular flexibility index (Phi) is 7.82. The number of nitrogens with one attached hydrogen (secondary N) is 1. The van der Waals surface area contributed by atoms with Crippen LogP contribution in [-0.4, -0.2) is 28.4 Å². The van der Waals surface area contributed by atoms with Crippen LogP contribution in [0.4, 0.5) is 10.7 Å². The number of aliphatic carboxylic acids is 1. The van der Waals surface area contributed by atoms with E-state index in [9.17, 15) is 14.7 Å². The number of hydrogen-bond donors (Lipinski definition) is 2. The Hall–Kier alpha value is -3.65. The Morgan fingerprint density at radius 3 is 2.51 bits per heavy atom. The molecular formula is C27H30N2O6. The van der Waals surface area contributed by atoms with Crippen LogP contribution in [0.1, 0.15) is 55.5 Å². The summed E-state index contributed by atoms with van der Waals surface area (Å²) in [5.41, 5.74) is 3.79. The molecule has 2 N–H and O–H groups in total. The molecule has 1 aliphatic carbocycles. The van der Waals surface area contributed by atoms with Crippen LogP contribution in [0.3, 0.4) is 0 Å². The number of carbonyl (C=O) groups is 2. The Bertz CT molecular complexity index is 1140. The van der Waals surface area contributed by atoms with Gasteiger partial charge in [0.15, 0.2) is 6.10 Å². The summed E-state index contributed by atoms with van der Waals surface area (Å²) in [7, 11) is 0. The van der Waals surface area contributed by atoms with Crippen molar-refractivity contribution in [3.8, 4) is 11.1 Å². The molecule has 1 aromatic heterocycles. The molecule has 8 heteroatoms. The number of benzene rings is 2. The van der Waals surface area contributed by atoms with Crippen LogP contribution in [0.5, 0.6) is 0 Å². The summed E-state index contributed by atoms with van der Waals surface area (Å²) in [6, 6.07) is 16.9. The summed E-state index contributed by atoms with van der Waals surface area (Å²) < 4.78 is 16.5. The second-order valence-electron chi connectivity index (χ2n) is 8.91. The molecular weight excluding hydrogens is 448 g/mol. The minimum Gasteiger partial charge on any atom is -0.479 e. The Morgan fingerprint density at radius 1 is 1.14 bits per heavy atom. The third-order valence-electron chi connectivity index (χ3n) is 6.13. The van der Waals surface area contributed by atoms with Gasteiger partial charge < -0.3 is 19.1 Å². The number of rotatable bonds is 11. The van der Waals surface area contributed by atoms with Crippen LogP contribution in [0.25, 0.3) is 11.1 Å². The van der Waals surface area contributed by atoms with Crippen LogP contribution in [0.15, 0.2) is 59.1 Å². The third kappa shape index (κ3) is 6.70. The van der Waals surface area contributed by atoms with Crippen molar-refractivity contribution in [1.29, 1.82) is 0 Å². The van der Waals surface area contributed by atoms with Gasteiger partial charge in [0.05, 0.1) is 17.9 Å². The lowest BCUT2D eigenvalue weighted by Crippen LogP contribution is -2.23. The molecule has 2 aromatic carbocycles. The van der Waals surface area contributed by atoms with E-state index in [1.54, 1.807) is 13.8 Å². The number of carboxylic acids is 1. The number of carboxylic acid groups (broad SMARTS) is 1. The molecule has 0 bridgehead atoms. The van der Waals surface area contributed by atoms with Gasteiger partial charge in [-0.1, -0.05) is 72.6 Å². The highest BCUT2D eigenvalue weighted by atomic mass is 16.6. The molecule has 2 unspecified atom stereocenters. The van der Waals surface area contributed by atoms with Gasteiger partial charge in [-0.3, -0.25) is 5.32 Å². The van der Waals surface area contributed by atoms with Crippen LogP contribution in [-0.2, 0) is 20.9 Å². The van der Waals surface area contributed by atoms with Gasteiger partial charge in [0.1, 0.15) is 6.10 Å². The van der Waals surface area contributed by atoms with Crippen LogP contribution in [0.2, 0.25) is 0 Å². The van der Waals surface area contributed by atoms with Gasteiger partial charge in [-0.2, -0.15) is 0 Å². The topological polar surface area (TPSA) is 111 Å². The van der Waals surface area contributed by atoms with Crippen molar-refractivity contribution in [2.45, 2.75) is 58.3 Å². The van der Waals surface area contributed by atoms with Crippen molar-refractivity contribution >= 4 is 17.9 Å². The number of aryl methyl sites for hydroxylation is 1. The van der Waals surface area contributed by atoms with Crippen molar-refractivity contribution in [2.24, 2.45) is 5.92 Å². The SMILES string of the molecule is Cc1noc(NC(=O)OC(C)c2ccccc2)c1-c1ccc(COC(CCC2CC2)C(=O)O)cc1. The lowest BCUT2D eigenvalue weighted by molar-refractivity contribution is -0.151. The molecule has 1 heterocycles. The van der Waals surface area contributed by atoms with Gasteiger partial charge in [-0.05, 0) is 49.3 Å². The standard InChI is InChI=1S/C27H30N2O6/c1-17-24(25(35-29-17)28-27(32)34-18(2)21-6-4-3-5-7-21)22-13-10-20(11-14-22)16-33-23(26(30)31)15-12-19-8-9-19/h3-7,10-11,13-14,18-19,23H,8-9,12,15-16H2,1-2H3,(H,28,32)(H,30,31). The number of carbonyl (C=O) groups excluding carboxylic acids is 1. The highest BCUT2D eigenvalue weighted by Gasteiger charge is 2.26. The smallest absolute Gasteiger partial charge is 0.414 e. The molecule has 4 rings (SSSR count). The maximum atomic E-state index is 12.5. The number of aromatic nitrogens is 1. The fourth-order valence-corrected chi connectivity index (χ4v) is 3.91. The van der Waals surface area contributed by atoms with Crippen LogP contribution >= 0.6 is 0 Å². The van der Waals surface area contributed by atoms with E-state index in [4.69, 9.17) is 14.0 Å². The Labute approximate surface area is 204 Å².